The van der Waals surface area contributed by atoms with Crippen molar-refractivity contribution >= 4 is 11.6 Å². The van der Waals surface area contributed by atoms with Crippen molar-refractivity contribution in [2.24, 2.45) is 0 Å². The van der Waals surface area contributed by atoms with E-state index in [1.807, 2.05) is 13.1 Å². The number of rotatable bonds is 1. The molecule has 1 aliphatic rings. The van der Waals surface area contributed by atoms with Gasteiger partial charge in [-0.3, -0.25) is 4.90 Å². The minimum absolute atomic E-state index is 0.172. The Kier molecular flexibility index (Phi) is 2.75. The lowest BCUT2D eigenvalue weighted by atomic mass is 10.0. The lowest BCUT2D eigenvalue weighted by Crippen LogP contribution is -2.18. The van der Waals surface area contributed by atoms with E-state index in [2.05, 4.69) is 4.90 Å². The average molecular weight is 214 g/mol. The van der Waals surface area contributed by atoms with Gasteiger partial charge in [0.05, 0.1) is 0 Å². The lowest BCUT2D eigenvalue weighted by molar-refractivity contribution is 0.317. The van der Waals surface area contributed by atoms with Gasteiger partial charge in [0, 0.05) is 18.0 Å². The predicted molar refractivity (Wildman–Crippen MR) is 56.0 cm³/mol. The van der Waals surface area contributed by atoms with E-state index < -0.39 is 0 Å². The molecule has 1 aliphatic heterocycles. The normalized spacial score (nSPS) is 28.2. The maximum Gasteiger partial charge on any atom is 0.123 e. The third-order valence-electron chi connectivity index (χ3n) is 2.73. The fraction of sp³-hybridized carbons (Fsp3) is 0.455. The second kappa shape index (κ2) is 3.87. The minimum atomic E-state index is -0.172. The van der Waals surface area contributed by atoms with E-state index in [1.54, 1.807) is 12.1 Å². The molecule has 1 fully saturated rings. The van der Waals surface area contributed by atoms with Crippen LogP contribution in [0.4, 0.5) is 4.39 Å². The molecule has 2 unspecified atom stereocenters. The van der Waals surface area contributed by atoms with Gasteiger partial charge in [0.2, 0.25) is 0 Å². The zero-order valence-electron chi connectivity index (χ0n) is 8.08. The van der Waals surface area contributed by atoms with Crippen molar-refractivity contribution in [1.82, 2.24) is 4.90 Å². The molecule has 0 bridgehead atoms. The fourth-order valence-electron chi connectivity index (χ4n) is 2.04. The fourth-order valence-corrected chi connectivity index (χ4v) is 2.43. The van der Waals surface area contributed by atoms with Crippen LogP contribution in [0.3, 0.4) is 0 Å². The van der Waals surface area contributed by atoms with Crippen LogP contribution in [-0.4, -0.2) is 23.9 Å². The third-order valence-corrected chi connectivity index (χ3v) is 3.05. The molecule has 0 aliphatic carbocycles. The van der Waals surface area contributed by atoms with Gasteiger partial charge in [-0.1, -0.05) is 12.1 Å². The van der Waals surface area contributed by atoms with E-state index >= 15 is 0 Å². The maximum absolute atomic E-state index is 13.0. The molecular formula is C11H13ClFN. The maximum atomic E-state index is 13.0. The summed E-state index contributed by atoms with van der Waals surface area (Å²) in [6.07, 6.45) is 0.904. The van der Waals surface area contributed by atoms with Crippen LogP contribution in [0.5, 0.6) is 0 Å². The molecule has 1 aromatic carbocycles. The summed E-state index contributed by atoms with van der Waals surface area (Å²) in [5.74, 6) is -0.172. The minimum Gasteiger partial charge on any atom is -0.298 e. The molecule has 0 radical (unpaired) electrons. The predicted octanol–water partition coefficient (Wildman–Crippen LogP) is 2.81. The van der Waals surface area contributed by atoms with Crippen LogP contribution >= 0.6 is 11.6 Å². The Morgan fingerprint density at radius 2 is 2.29 bits per heavy atom. The van der Waals surface area contributed by atoms with E-state index in [-0.39, 0.29) is 17.2 Å². The van der Waals surface area contributed by atoms with Crippen LogP contribution in [0.15, 0.2) is 24.3 Å². The SMILES string of the molecule is CN1CC(Cl)CC1c1cccc(F)c1. The third kappa shape index (κ3) is 1.91. The van der Waals surface area contributed by atoms with Gasteiger partial charge in [-0.2, -0.15) is 0 Å². The number of benzene rings is 1. The molecule has 0 N–H and O–H groups in total. The lowest BCUT2D eigenvalue weighted by Gasteiger charge is -2.19. The summed E-state index contributed by atoms with van der Waals surface area (Å²) >= 11 is 6.06. The van der Waals surface area contributed by atoms with Crippen molar-refractivity contribution in [3.05, 3.63) is 35.6 Å². The number of alkyl halides is 1. The number of hydrogen-bond donors (Lipinski definition) is 0. The molecule has 0 aromatic heterocycles. The monoisotopic (exact) mass is 213 g/mol. The first kappa shape index (κ1) is 9.94. The Morgan fingerprint density at radius 3 is 2.86 bits per heavy atom. The number of halogens is 2. The number of nitrogens with zero attached hydrogens (tertiary/aromatic N) is 1. The highest BCUT2D eigenvalue weighted by molar-refractivity contribution is 6.21. The van der Waals surface area contributed by atoms with Crippen molar-refractivity contribution in [1.29, 1.82) is 0 Å². The summed E-state index contributed by atoms with van der Waals surface area (Å²) in [5.41, 5.74) is 1.02. The summed E-state index contributed by atoms with van der Waals surface area (Å²) in [4.78, 5) is 2.17. The van der Waals surface area contributed by atoms with E-state index in [0.29, 0.717) is 0 Å². The van der Waals surface area contributed by atoms with Crippen molar-refractivity contribution in [2.75, 3.05) is 13.6 Å². The van der Waals surface area contributed by atoms with Crippen molar-refractivity contribution < 1.29 is 4.39 Å². The Bertz CT molecular complexity index is 329. The van der Waals surface area contributed by atoms with Crippen molar-refractivity contribution in [2.45, 2.75) is 17.8 Å². The first-order chi connectivity index (χ1) is 6.66. The van der Waals surface area contributed by atoms with Gasteiger partial charge in [0.15, 0.2) is 0 Å². The Labute approximate surface area is 88.5 Å². The highest BCUT2D eigenvalue weighted by atomic mass is 35.5. The molecule has 1 saturated heterocycles. The van der Waals surface area contributed by atoms with Crippen LogP contribution in [-0.2, 0) is 0 Å². The molecule has 3 heteroatoms. The highest BCUT2D eigenvalue weighted by Crippen LogP contribution is 2.33. The largest absolute Gasteiger partial charge is 0.298 e. The molecule has 0 amide bonds. The van der Waals surface area contributed by atoms with E-state index in [9.17, 15) is 4.39 Å². The first-order valence-corrected chi connectivity index (χ1v) is 5.20. The average Bonchev–Trinajstić information content (AvgIpc) is 2.45. The molecule has 0 spiro atoms. The quantitative estimate of drug-likeness (QED) is 0.649. The summed E-state index contributed by atoms with van der Waals surface area (Å²) < 4.78 is 13.0. The molecular weight excluding hydrogens is 201 g/mol. The summed E-state index contributed by atoms with van der Waals surface area (Å²) in [5, 5.41) is 0.188. The van der Waals surface area contributed by atoms with Gasteiger partial charge in [0.25, 0.3) is 0 Å². The highest BCUT2D eigenvalue weighted by Gasteiger charge is 2.29. The first-order valence-electron chi connectivity index (χ1n) is 4.76. The zero-order chi connectivity index (χ0) is 10.1. The summed E-state index contributed by atoms with van der Waals surface area (Å²) in [6.45, 7) is 0.878. The second-order valence-electron chi connectivity index (χ2n) is 3.84. The van der Waals surface area contributed by atoms with Crippen LogP contribution in [0, 0.1) is 5.82 Å². The summed E-state index contributed by atoms with van der Waals surface area (Å²) in [6, 6.07) is 7.04. The Hall–Kier alpha value is -0.600. The molecule has 76 valence electrons. The van der Waals surface area contributed by atoms with E-state index in [4.69, 9.17) is 11.6 Å². The molecule has 2 atom stereocenters. The van der Waals surface area contributed by atoms with Crippen LogP contribution in [0.25, 0.3) is 0 Å². The van der Waals surface area contributed by atoms with Crippen LogP contribution in [0.2, 0.25) is 0 Å². The van der Waals surface area contributed by atoms with Crippen molar-refractivity contribution in [3.63, 3.8) is 0 Å². The molecule has 2 rings (SSSR count). The van der Waals surface area contributed by atoms with Gasteiger partial charge in [-0.15, -0.1) is 11.6 Å². The van der Waals surface area contributed by atoms with Gasteiger partial charge in [-0.25, -0.2) is 4.39 Å². The molecule has 14 heavy (non-hydrogen) atoms. The van der Waals surface area contributed by atoms with Gasteiger partial charge < -0.3 is 0 Å². The van der Waals surface area contributed by atoms with Gasteiger partial charge in [-0.05, 0) is 31.2 Å². The number of hydrogen-bond acceptors (Lipinski definition) is 1. The van der Waals surface area contributed by atoms with E-state index in [0.717, 1.165) is 18.5 Å². The smallest absolute Gasteiger partial charge is 0.123 e. The molecule has 1 heterocycles. The zero-order valence-corrected chi connectivity index (χ0v) is 8.84. The number of likely N-dealkylation sites (tertiary alicyclic amines) is 1. The standard InChI is InChI=1S/C11H13ClFN/c1-14-7-9(12)6-11(14)8-3-2-4-10(13)5-8/h2-5,9,11H,6-7H2,1H3. The molecule has 1 aromatic rings. The topological polar surface area (TPSA) is 3.24 Å². The van der Waals surface area contributed by atoms with Crippen LogP contribution < -0.4 is 0 Å². The van der Waals surface area contributed by atoms with Crippen molar-refractivity contribution in [3.8, 4) is 0 Å². The van der Waals surface area contributed by atoms with Gasteiger partial charge >= 0.3 is 0 Å². The Morgan fingerprint density at radius 1 is 1.50 bits per heavy atom. The van der Waals surface area contributed by atoms with Crippen LogP contribution in [0.1, 0.15) is 18.0 Å². The van der Waals surface area contributed by atoms with Gasteiger partial charge in [0.1, 0.15) is 5.82 Å². The summed E-state index contributed by atoms with van der Waals surface area (Å²) in [7, 11) is 2.03. The van der Waals surface area contributed by atoms with E-state index in [1.165, 1.54) is 6.07 Å². The molecule has 1 nitrogen and oxygen atoms in total. The second-order valence-corrected chi connectivity index (χ2v) is 4.46. The molecule has 0 saturated carbocycles. The Balaban J connectivity index is 2.23.